The molecule has 2 saturated heterocycles. The Hall–Kier alpha value is -0.320. The summed E-state index contributed by atoms with van der Waals surface area (Å²) >= 11 is 0. The van der Waals surface area contributed by atoms with Crippen molar-refractivity contribution in [1.82, 2.24) is 0 Å². The monoisotopic (exact) mass is 294 g/mol. The molecule has 2 aliphatic rings. The Kier molecular flexibility index (Phi) is 6.76. The van der Waals surface area contributed by atoms with Gasteiger partial charge in [-0.1, -0.05) is 0 Å². The molecule has 0 aromatic heterocycles. The predicted octanol–water partition coefficient (Wildman–Crippen LogP) is -2.40. The van der Waals surface area contributed by atoms with Gasteiger partial charge in [-0.2, -0.15) is 0 Å². The second-order valence-electron chi connectivity index (χ2n) is 5.37. The lowest BCUT2D eigenvalue weighted by Crippen LogP contribution is -2.51. The van der Waals surface area contributed by atoms with E-state index in [1.807, 2.05) is 0 Å². The highest BCUT2D eigenvalue weighted by Crippen LogP contribution is 2.17. The first-order valence-corrected chi connectivity index (χ1v) is 6.76. The molecule has 0 amide bonds. The van der Waals surface area contributed by atoms with E-state index in [0.717, 1.165) is 0 Å². The van der Waals surface area contributed by atoms with Crippen molar-refractivity contribution in [3.63, 3.8) is 0 Å². The van der Waals surface area contributed by atoms with E-state index in [4.69, 9.17) is 31.2 Å². The molecule has 20 heavy (non-hydrogen) atoms. The molecule has 0 bridgehead atoms. The van der Waals surface area contributed by atoms with Crippen molar-refractivity contribution in [3.8, 4) is 0 Å². The van der Waals surface area contributed by atoms with Crippen LogP contribution in [0.25, 0.3) is 0 Å². The summed E-state index contributed by atoms with van der Waals surface area (Å²) < 4.78 is 9.79. The van der Waals surface area contributed by atoms with Crippen LogP contribution in [0.1, 0.15) is 26.7 Å². The van der Waals surface area contributed by atoms with E-state index in [-0.39, 0.29) is 24.3 Å². The average Bonchev–Trinajstić information content (AvgIpc) is 2.33. The van der Waals surface area contributed by atoms with Crippen molar-refractivity contribution in [2.45, 2.75) is 75.8 Å². The van der Waals surface area contributed by atoms with Crippen molar-refractivity contribution in [1.29, 1.82) is 0 Å². The smallest absolute Gasteiger partial charge is 0.156 e. The molecule has 0 aromatic carbocycles. The summed E-state index contributed by atoms with van der Waals surface area (Å²) in [5.41, 5.74) is 10.9. The standard InChI is InChI=1S/2C6H13NO3/c2*1-3-6(9)4(7)2-5(8)10-3/h2*3-6,8-9H,2,7H2,1H3/t2*3-,4+,5?,6-/m00/s1. The van der Waals surface area contributed by atoms with Crippen LogP contribution in [0.15, 0.2) is 0 Å². The third-order valence-corrected chi connectivity index (χ3v) is 3.53. The topological polar surface area (TPSA) is 151 Å². The molecule has 0 aromatic rings. The van der Waals surface area contributed by atoms with Gasteiger partial charge in [0, 0.05) is 24.9 Å². The van der Waals surface area contributed by atoms with Crippen molar-refractivity contribution < 1.29 is 29.9 Å². The van der Waals surface area contributed by atoms with Crippen LogP contribution in [0.5, 0.6) is 0 Å². The van der Waals surface area contributed by atoms with Gasteiger partial charge in [-0.05, 0) is 13.8 Å². The zero-order valence-corrected chi connectivity index (χ0v) is 11.8. The van der Waals surface area contributed by atoms with Gasteiger partial charge in [0.15, 0.2) is 12.6 Å². The van der Waals surface area contributed by atoms with Crippen LogP contribution in [0.2, 0.25) is 0 Å². The molecule has 2 fully saturated rings. The molecule has 0 saturated carbocycles. The zero-order valence-electron chi connectivity index (χ0n) is 11.8. The van der Waals surface area contributed by atoms with Crippen LogP contribution in [0.4, 0.5) is 0 Å². The highest BCUT2D eigenvalue weighted by Gasteiger charge is 2.32. The number of aliphatic hydroxyl groups excluding tert-OH is 4. The molecule has 0 radical (unpaired) electrons. The minimum Gasteiger partial charge on any atom is -0.389 e. The van der Waals surface area contributed by atoms with Crippen LogP contribution in [-0.4, -0.2) is 69.5 Å². The molecule has 8 atom stereocenters. The first kappa shape index (κ1) is 17.7. The molecule has 120 valence electrons. The fourth-order valence-corrected chi connectivity index (χ4v) is 2.21. The van der Waals surface area contributed by atoms with Crippen LogP contribution in [-0.2, 0) is 9.47 Å². The minimum absolute atomic E-state index is 0.311. The quantitative estimate of drug-likeness (QED) is 0.289. The number of ether oxygens (including phenoxy) is 2. The Morgan fingerprint density at radius 3 is 1.30 bits per heavy atom. The number of rotatable bonds is 0. The second-order valence-corrected chi connectivity index (χ2v) is 5.37. The Bertz CT molecular complexity index is 243. The SMILES string of the molecule is C[C@@H]1OC(O)C[C@@H](N)[C@H]1O.C[C@@H]1OC(O)C[C@@H](N)[C@H]1O. The third-order valence-electron chi connectivity index (χ3n) is 3.53. The fourth-order valence-electron chi connectivity index (χ4n) is 2.21. The fraction of sp³-hybridized carbons (Fsp3) is 1.00. The average molecular weight is 294 g/mol. The summed E-state index contributed by atoms with van der Waals surface area (Å²) in [6.45, 7) is 3.37. The van der Waals surface area contributed by atoms with E-state index >= 15 is 0 Å². The third kappa shape index (κ3) is 4.90. The number of hydrogen-bond acceptors (Lipinski definition) is 8. The molecule has 2 rings (SSSR count). The maximum atomic E-state index is 9.20. The van der Waals surface area contributed by atoms with Gasteiger partial charge in [0.1, 0.15) is 0 Å². The first-order valence-electron chi connectivity index (χ1n) is 6.76. The summed E-state index contributed by atoms with van der Waals surface area (Å²) in [6, 6.07) is -0.725. The Balaban J connectivity index is 0.000000200. The predicted molar refractivity (Wildman–Crippen MR) is 70.3 cm³/mol. The van der Waals surface area contributed by atoms with Crippen LogP contribution in [0, 0.1) is 0 Å². The summed E-state index contributed by atoms with van der Waals surface area (Å²) in [4.78, 5) is 0. The van der Waals surface area contributed by atoms with E-state index in [1.54, 1.807) is 13.8 Å². The normalized spacial score (nSPS) is 49.2. The largest absolute Gasteiger partial charge is 0.389 e. The molecule has 8 nitrogen and oxygen atoms in total. The lowest BCUT2D eigenvalue weighted by atomic mass is 10.0. The first-order chi connectivity index (χ1) is 9.22. The zero-order chi connectivity index (χ0) is 15.4. The molecule has 2 unspecified atom stereocenters. The Morgan fingerprint density at radius 2 is 1.05 bits per heavy atom. The Morgan fingerprint density at radius 1 is 0.750 bits per heavy atom. The Labute approximate surface area is 118 Å². The van der Waals surface area contributed by atoms with Gasteiger partial charge in [0.05, 0.1) is 24.4 Å². The van der Waals surface area contributed by atoms with E-state index in [2.05, 4.69) is 0 Å². The maximum Gasteiger partial charge on any atom is 0.156 e. The van der Waals surface area contributed by atoms with E-state index in [9.17, 15) is 10.2 Å². The van der Waals surface area contributed by atoms with Crippen LogP contribution >= 0.6 is 0 Å². The summed E-state index contributed by atoms with van der Waals surface area (Å²) in [6.07, 6.45) is -3.03. The van der Waals surface area contributed by atoms with Gasteiger partial charge >= 0.3 is 0 Å². The van der Waals surface area contributed by atoms with Crippen molar-refractivity contribution >= 4 is 0 Å². The highest BCUT2D eigenvalue weighted by atomic mass is 16.6. The van der Waals surface area contributed by atoms with Gasteiger partial charge < -0.3 is 41.4 Å². The molecule has 2 heterocycles. The van der Waals surface area contributed by atoms with Crippen LogP contribution in [0.3, 0.4) is 0 Å². The lowest BCUT2D eigenvalue weighted by molar-refractivity contribution is -0.198. The number of aliphatic hydroxyl groups is 4. The van der Waals surface area contributed by atoms with Crippen molar-refractivity contribution in [2.24, 2.45) is 11.5 Å². The molecule has 0 aliphatic carbocycles. The van der Waals surface area contributed by atoms with Crippen molar-refractivity contribution in [3.05, 3.63) is 0 Å². The van der Waals surface area contributed by atoms with Crippen LogP contribution < -0.4 is 11.5 Å². The van der Waals surface area contributed by atoms with Gasteiger partial charge in [0.25, 0.3) is 0 Å². The van der Waals surface area contributed by atoms with Gasteiger partial charge in [0.2, 0.25) is 0 Å². The highest BCUT2D eigenvalue weighted by molar-refractivity contribution is 4.83. The summed E-state index contributed by atoms with van der Waals surface area (Å²) in [5, 5.41) is 36.3. The molecular formula is C12H26N2O6. The van der Waals surface area contributed by atoms with Crippen molar-refractivity contribution in [2.75, 3.05) is 0 Å². The lowest BCUT2D eigenvalue weighted by Gasteiger charge is -2.33. The van der Waals surface area contributed by atoms with Gasteiger partial charge in [-0.15, -0.1) is 0 Å². The molecule has 8 N–H and O–H groups in total. The number of nitrogens with two attached hydrogens (primary N) is 2. The van der Waals surface area contributed by atoms with Gasteiger partial charge in [-0.3, -0.25) is 0 Å². The summed E-state index contributed by atoms with van der Waals surface area (Å²) in [5.74, 6) is 0. The second kappa shape index (κ2) is 7.62. The molecule has 8 heteroatoms. The maximum absolute atomic E-state index is 9.20. The number of hydrogen-bond donors (Lipinski definition) is 6. The molecule has 0 spiro atoms. The van der Waals surface area contributed by atoms with E-state index < -0.39 is 24.8 Å². The van der Waals surface area contributed by atoms with Gasteiger partial charge in [-0.25, -0.2) is 0 Å². The summed E-state index contributed by atoms with van der Waals surface area (Å²) in [7, 11) is 0. The molecular weight excluding hydrogens is 268 g/mol. The van der Waals surface area contributed by atoms with E-state index in [0.29, 0.717) is 12.8 Å². The molecule has 2 aliphatic heterocycles. The van der Waals surface area contributed by atoms with E-state index in [1.165, 1.54) is 0 Å². The minimum atomic E-state index is -0.812.